The molecule has 0 saturated carbocycles. The Morgan fingerprint density at radius 2 is 2.17 bits per heavy atom. The monoisotopic (exact) mass is 329 g/mol. The van der Waals surface area contributed by atoms with Crippen LogP contribution in [0.1, 0.15) is 16.3 Å². The lowest BCUT2D eigenvalue weighted by Crippen LogP contribution is -1.99. The highest BCUT2D eigenvalue weighted by atomic mass is 79.9. The molecule has 2 aromatic rings. The minimum absolute atomic E-state index is 0.0676. The number of carboxylic acids is 1. The Labute approximate surface area is 117 Å². The Kier molecular flexibility index (Phi) is 3.93. The molecule has 1 heterocycles. The summed E-state index contributed by atoms with van der Waals surface area (Å²) in [4.78, 5) is 10.6. The summed E-state index contributed by atoms with van der Waals surface area (Å²) in [5.41, 5.74) is 0.854. The smallest absolute Gasteiger partial charge is 0.371 e. The zero-order valence-electron chi connectivity index (χ0n) is 9.11. The number of furan rings is 1. The van der Waals surface area contributed by atoms with Gasteiger partial charge in [0, 0.05) is 15.2 Å². The molecule has 1 aromatic heterocycles. The zero-order chi connectivity index (χ0) is 13.1. The Balaban J connectivity index is 2.04. The van der Waals surface area contributed by atoms with Crippen molar-refractivity contribution < 1.29 is 14.3 Å². The van der Waals surface area contributed by atoms with E-state index in [0.717, 1.165) is 10.2 Å². The lowest BCUT2D eigenvalue weighted by atomic mass is 10.3. The van der Waals surface area contributed by atoms with Gasteiger partial charge < -0.3 is 14.8 Å². The molecule has 0 aliphatic carbocycles. The van der Waals surface area contributed by atoms with Gasteiger partial charge in [-0.3, -0.25) is 0 Å². The summed E-state index contributed by atoms with van der Waals surface area (Å²) in [5.74, 6) is -0.592. The van der Waals surface area contributed by atoms with Crippen molar-refractivity contribution in [2.45, 2.75) is 6.54 Å². The number of benzene rings is 1. The van der Waals surface area contributed by atoms with Crippen LogP contribution in [0.2, 0.25) is 5.02 Å². The van der Waals surface area contributed by atoms with E-state index in [9.17, 15) is 4.79 Å². The van der Waals surface area contributed by atoms with Crippen molar-refractivity contribution in [1.29, 1.82) is 0 Å². The minimum atomic E-state index is -1.08. The van der Waals surface area contributed by atoms with E-state index < -0.39 is 5.97 Å². The fraction of sp³-hybridized carbons (Fsp3) is 0.0833. The van der Waals surface area contributed by atoms with E-state index in [-0.39, 0.29) is 5.76 Å². The first-order chi connectivity index (χ1) is 8.56. The maximum Gasteiger partial charge on any atom is 0.371 e. The first kappa shape index (κ1) is 13.0. The van der Waals surface area contributed by atoms with Crippen LogP contribution in [0.5, 0.6) is 0 Å². The van der Waals surface area contributed by atoms with E-state index in [1.54, 1.807) is 18.2 Å². The molecule has 1 aromatic carbocycles. The number of carboxylic acid groups (broad SMARTS) is 1. The van der Waals surface area contributed by atoms with Crippen LogP contribution < -0.4 is 5.32 Å². The van der Waals surface area contributed by atoms with Gasteiger partial charge in [0.15, 0.2) is 0 Å². The molecule has 0 amide bonds. The van der Waals surface area contributed by atoms with Gasteiger partial charge in [0.05, 0.1) is 6.54 Å². The lowest BCUT2D eigenvalue weighted by Gasteiger charge is -2.07. The number of rotatable bonds is 4. The van der Waals surface area contributed by atoms with Crippen LogP contribution in [-0.2, 0) is 6.54 Å². The maximum atomic E-state index is 10.6. The average Bonchev–Trinajstić information content (AvgIpc) is 2.76. The van der Waals surface area contributed by atoms with Gasteiger partial charge in [0.25, 0.3) is 0 Å². The molecule has 0 radical (unpaired) electrons. The van der Waals surface area contributed by atoms with E-state index in [4.69, 9.17) is 21.1 Å². The van der Waals surface area contributed by atoms with Gasteiger partial charge in [0.2, 0.25) is 5.76 Å². The second-order valence-electron chi connectivity index (χ2n) is 3.55. The minimum Gasteiger partial charge on any atom is -0.475 e. The number of hydrogen-bond donors (Lipinski definition) is 2. The Morgan fingerprint density at radius 1 is 1.39 bits per heavy atom. The molecular weight excluding hydrogens is 321 g/mol. The first-order valence-electron chi connectivity index (χ1n) is 5.07. The van der Waals surface area contributed by atoms with Crippen molar-refractivity contribution >= 4 is 39.2 Å². The van der Waals surface area contributed by atoms with Gasteiger partial charge >= 0.3 is 5.97 Å². The molecule has 94 valence electrons. The molecule has 0 aliphatic rings. The topological polar surface area (TPSA) is 62.5 Å². The standard InChI is InChI=1S/C12H9BrClNO3/c13-9-5-7(14)1-3-10(9)15-6-8-2-4-11(18-8)12(16)17/h1-5,15H,6H2,(H,16,17). The van der Waals surface area contributed by atoms with E-state index in [0.29, 0.717) is 17.3 Å². The quantitative estimate of drug-likeness (QED) is 0.889. The molecule has 0 saturated heterocycles. The number of carbonyl (C=O) groups is 1. The third-order valence-electron chi connectivity index (χ3n) is 2.26. The van der Waals surface area contributed by atoms with Gasteiger partial charge in [-0.1, -0.05) is 11.6 Å². The van der Waals surface area contributed by atoms with Crippen LogP contribution in [0.3, 0.4) is 0 Å². The molecule has 0 atom stereocenters. The van der Waals surface area contributed by atoms with Crippen LogP contribution in [-0.4, -0.2) is 11.1 Å². The van der Waals surface area contributed by atoms with Gasteiger partial charge in [-0.2, -0.15) is 0 Å². The predicted octanol–water partition coefficient (Wildman–Crippen LogP) is 4.01. The molecular formula is C12H9BrClNO3. The fourth-order valence-electron chi connectivity index (χ4n) is 1.40. The Bertz CT molecular complexity index is 582. The van der Waals surface area contributed by atoms with Gasteiger partial charge in [-0.25, -0.2) is 4.79 Å². The highest BCUT2D eigenvalue weighted by Crippen LogP contribution is 2.26. The first-order valence-corrected chi connectivity index (χ1v) is 6.24. The number of nitrogens with one attached hydrogen (secondary N) is 1. The van der Waals surface area contributed by atoms with Crippen LogP contribution in [0.4, 0.5) is 5.69 Å². The van der Waals surface area contributed by atoms with Crippen LogP contribution in [0.15, 0.2) is 39.2 Å². The van der Waals surface area contributed by atoms with E-state index in [1.807, 2.05) is 6.07 Å². The summed E-state index contributed by atoms with van der Waals surface area (Å²) in [7, 11) is 0. The average molecular weight is 331 g/mol. The largest absolute Gasteiger partial charge is 0.475 e. The van der Waals surface area contributed by atoms with Gasteiger partial charge in [-0.05, 0) is 46.3 Å². The zero-order valence-corrected chi connectivity index (χ0v) is 11.5. The summed E-state index contributed by atoms with van der Waals surface area (Å²) in [5, 5.41) is 12.5. The maximum absolute atomic E-state index is 10.6. The summed E-state index contributed by atoms with van der Waals surface area (Å²) < 4.78 is 5.96. The fourth-order valence-corrected chi connectivity index (χ4v) is 2.23. The Hall–Kier alpha value is -1.46. The summed E-state index contributed by atoms with van der Waals surface area (Å²) in [6.45, 7) is 0.396. The molecule has 0 spiro atoms. The van der Waals surface area contributed by atoms with E-state index >= 15 is 0 Å². The lowest BCUT2D eigenvalue weighted by molar-refractivity contribution is 0.0660. The molecule has 2 rings (SSSR count). The third kappa shape index (κ3) is 3.05. The van der Waals surface area contributed by atoms with Gasteiger partial charge in [-0.15, -0.1) is 0 Å². The molecule has 2 N–H and O–H groups in total. The second kappa shape index (κ2) is 5.46. The molecule has 6 heteroatoms. The van der Waals surface area contributed by atoms with Crippen molar-refractivity contribution in [3.8, 4) is 0 Å². The van der Waals surface area contributed by atoms with E-state index in [1.165, 1.54) is 6.07 Å². The van der Waals surface area contributed by atoms with Crippen molar-refractivity contribution in [1.82, 2.24) is 0 Å². The molecule has 0 fully saturated rings. The number of hydrogen-bond acceptors (Lipinski definition) is 3. The second-order valence-corrected chi connectivity index (χ2v) is 4.84. The highest BCUT2D eigenvalue weighted by Gasteiger charge is 2.09. The normalized spacial score (nSPS) is 10.3. The highest BCUT2D eigenvalue weighted by molar-refractivity contribution is 9.10. The summed E-state index contributed by atoms with van der Waals surface area (Å²) in [6, 6.07) is 8.41. The van der Waals surface area contributed by atoms with Crippen LogP contribution in [0, 0.1) is 0 Å². The molecule has 0 aliphatic heterocycles. The number of halogens is 2. The predicted molar refractivity (Wildman–Crippen MR) is 72.1 cm³/mol. The molecule has 4 nitrogen and oxygen atoms in total. The molecule has 0 bridgehead atoms. The number of aromatic carboxylic acids is 1. The SMILES string of the molecule is O=C(O)c1ccc(CNc2ccc(Cl)cc2Br)o1. The van der Waals surface area contributed by atoms with Crippen LogP contribution >= 0.6 is 27.5 Å². The Morgan fingerprint density at radius 3 is 2.78 bits per heavy atom. The van der Waals surface area contributed by atoms with E-state index in [2.05, 4.69) is 21.2 Å². The van der Waals surface area contributed by atoms with Gasteiger partial charge in [0.1, 0.15) is 5.76 Å². The van der Waals surface area contributed by atoms with Crippen molar-refractivity contribution in [3.63, 3.8) is 0 Å². The summed E-state index contributed by atoms with van der Waals surface area (Å²) >= 11 is 9.21. The molecule has 18 heavy (non-hydrogen) atoms. The summed E-state index contributed by atoms with van der Waals surface area (Å²) in [6.07, 6.45) is 0. The van der Waals surface area contributed by atoms with Crippen molar-refractivity contribution in [3.05, 3.63) is 51.3 Å². The van der Waals surface area contributed by atoms with Crippen LogP contribution in [0.25, 0.3) is 0 Å². The van der Waals surface area contributed by atoms with Crippen molar-refractivity contribution in [2.24, 2.45) is 0 Å². The number of anilines is 1. The third-order valence-corrected chi connectivity index (χ3v) is 3.15. The van der Waals surface area contributed by atoms with Crippen molar-refractivity contribution in [2.75, 3.05) is 5.32 Å². The molecule has 0 unspecified atom stereocenters.